The van der Waals surface area contributed by atoms with Gasteiger partial charge in [-0.05, 0) is 41.8 Å². The molecule has 1 aliphatic rings. The van der Waals surface area contributed by atoms with E-state index >= 15 is 0 Å². The smallest absolute Gasteiger partial charge is 0.243 e. The van der Waals surface area contributed by atoms with Crippen molar-refractivity contribution in [3.05, 3.63) is 108 Å². The van der Waals surface area contributed by atoms with E-state index < -0.39 is 15.6 Å². The van der Waals surface area contributed by atoms with Crippen molar-refractivity contribution in [2.75, 3.05) is 13.1 Å². The van der Waals surface area contributed by atoms with E-state index in [1.165, 1.54) is 4.31 Å². The quantitative estimate of drug-likeness (QED) is 0.715. The van der Waals surface area contributed by atoms with Crippen LogP contribution in [-0.2, 0) is 15.6 Å². The maximum Gasteiger partial charge on any atom is 0.243 e. The zero-order valence-electron chi connectivity index (χ0n) is 16.2. The monoisotopic (exact) mass is 405 g/mol. The first-order valence-corrected chi connectivity index (χ1v) is 10.9. The highest BCUT2D eigenvalue weighted by Crippen LogP contribution is 2.35. The van der Waals surface area contributed by atoms with E-state index in [9.17, 15) is 13.5 Å². The van der Waals surface area contributed by atoms with Gasteiger partial charge in [-0.1, -0.05) is 78.4 Å². The minimum atomic E-state index is -3.77. The molecule has 0 aliphatic carbocycles. The fourth-order valence-electron chi connectivity index (χ4n) is 3.65. The van der Waals surface area contributed by atoms with Crippen LogP contribution in [0.2, 0.25) is 0 Å². The second kappa shape index (κ2) is 7.59. The summed E-state index contributed by atoms with van der Waals surface area (Å²) in [7, 11) is -3.77. The second-order valence-corrected chi connectivity index (χ2v) is 9.35. The molecule has 0 amide bonds. The van der Waals surface area contributed by atoms with E-state index in [0.717, 1.165) is 16.7 Å². The van der Waals surface area contributed by atoms with Gasteiger partial charge in [0, 0.05) is 6.54 Å². The van der Waals surface area contributed by atoms with Gasteiger partial charge in [-0.2, -0.15) is 4.31 Å². The third-order valence-electron chi connectivity index (χ3n) is 5.25. The lowest BCUT2D eigenvalue weighted by Crippen LogP contribution is -2.47. The SMILES string of the molecule is Cc1ccc(S(=O)(=O)N2CC(c3ccccc3)=CC(O)(c3ccccc3)C2)cc1. The zero-order chi connectivity index (χ0) is 20.5. The van der Waals surface area contributed by atoms with E-state index in [4.69, 9.17) is 0 Å². The molecule has 5 heteroatoms. The molecule has 4 nitrogen and oxygen atoms in total. The van der Waals surface area contributed by atoms with E-state index in [2.05, 4.69) is 0 Å². The molecule has 4 rings (SSSR count). The first-order chi connectivity index (χ1) is 13.9. The lowest BCUT2D eigenvalue weighted by Gasteiger charge is -2.37. The lowest BCUT2D eigenvalue weighted by atomic mass is 9.87. The molecule has 0 saturated heterocycles. The van der Waals surface area contributed by atoms with Crippen molar-refractivity contribution in [2.45, 2.75) is 17.4 Å². The molecule has 29 heavy (non-hydrogen) atoms. The predicted octanol–water partition coefficient (Wildman–Crippen LogP) is 3.97. The summed E-state index contributed by atoms with van der Waals surface area (Å²) in [6.45, 7) is 2.08. The number of aliphatic hydroxyl groups is 1. The molecule has 1 atom stereocenters. The fourth-order valence-corrected chi connectivity index (χ4v) is 5.11. The highest BCUT2D eigenvalue weighted by Gasteiger charge is 2.39. The number of benzene rings is 3. The summed E-state index contributed by atoms with van der Waals surface area (Å²) in [5.74, 6) is 0. The third-order valence-corrected chi connectivity index (χ3v) is 7.06. The van der Waals surface area contributed by atoms with Crippen LogP contribution in [0.15, 0.2) is 95.9 Å². The van der Waals surface area contributed by atoms with Gasteiger partial charge in [0.1, 0.15) is 5.60 Å². The molecule has 0 fully saturated rings. The molecule has 0 radical (unpaired) electrons. The van der Waals surface area contributed by atoms with Gasteiger partial charge < -0.3 is 5.11 Å². The van der Waals surface area contributed by atoms with Gasteiger partial charge in [0.2, 0.25) is 10.0 Å². The van der Waals surface area contributed by atoms with Gasteiger partial charge >= 0.3 is 0 Å². The molecule has 1 heterocycles. The van der Waals surface area contributed by atoms with Gasteiger partial charge in [0.25, 0.3) is 0 Å². The summed E-state index contributed by atoms with van der Waals surface area (Å²) in [5, 5.41) is 11.5. The molecule has 1 N–H and O–H groups in total. The minimum absolute atomic E-state index is 0.0381. The maximum atomic E-state index is 13.4. The van der Waals surface area contributed by atoms with Crippen molar-refractivity contribution < 1.29 is 13.5 Å². The van der Waals surface area contributed by atoms with Gasteiger partial charge in [0.15, 0.2) is 0 Å². The van der Waals surface area contributed by atoms with Crippen LogP contribution in [0.25, 0.3) is 5.57 Å². The maximum absolute atomic E-state index is 13.4. The van der Waals surface area contributed by atoms with E-state index in [1.54, 1.807) is 30.3 Å². The molecule has 148 valence electrons. The van der Waals surface area contributed by atoms with Gasteiger partial charge in [-0.3, -0.25) is 0 Å². The van der Waals surface area contributed by atoms with Crippen molar-refractivity contribution in [1.82, 2.24) is 4.31 Å². The predicted molar refractivity (Wildman–Crippen MR) is 115 cm³/mol. The van der Waals surface area contributed by atoms with Gasteiger partial charge in [-0.25, -0.2) is 8.42 Å². The molecule has 1 aliphatic heterocycles. The summed E-state index contributed by atoms with van der Waals surface area (Å²) < 4.78 is 28.1. The molecule has 0 bridgehead atoms. The van der Waals surface area contributed by atoms with Crippen molar-refractivity contribution in [2.24, 2.45) is 0 Å². The van der Waals surface area contributed by atoms with Crippen LogP contribution in [0.3, 0.4) is 0 Å². The molecule has 0 aromatic heterocycles. The number of rotatable bonds is 4. The molecular formula is C24H23NO3S. The number of nitrogens with zero attached hydrogens (tertiary/aromatic N) is 1. The van der Waals surface area contributed by atoms with Crippen LogP contribution in [0.5, 0.6) is 0 Å². The molecule has 3 aromatic carbocycles. The number of sulfonamides is 1. The fraction of sp³-hybridized carbons (Fsp3) is 0.167. The summed E-state index contributed by atoms with van der Waals surface area (Å²) in [4.78, 5) is 0.229. The average Bonchev–Trinajstić information content (AvgIpc) is 2.75. The molecule has 0 saturated carbocycles. The summed E-state index contributed by atoms with van der Waals surface area (Å²) in [5.41, 5.74) is 1.91. The Balaban J connectivity index is 1.81. The van der Waals surface area contributed by atoms with Crippen molar-refractivity contribution in [3.63, 3.8) is 0 Å². The topological polar surface area (TPSA) is 57.6 Å². The Kier molecular flexibility index (Phi) is 5.13. The van der Waals surface area contributed by atoms with Gasteiger partial charge in [0.05, 0.1) is 11.4 Å². The van der Waals surface area contributed by atoms with E-state index in [1.807, 2.05) is 67.6 Å². The van der Waals surface area contributed by atoms with Crippen LogP contribution < -0.4 is 0 Å². The highest BCUT2D eigenvalue weighted by atomic mass is 32.2. The Bertz CT molecular complexity index is 1120. The first kappa shape index (κ1) is 19.6. The summed E-state index contributed by atoms with van der Waals surface area (Å²) >= 11 is 0. The Hall–Kier alpha value is -2.73. The minimum Gasteiger partial charge on any atom is -0.380 e. The average molecular weight is 406 g/mol. The highest BCUT2D eigenvalue weighted by molar-refractivity contribution is 7.89. The number of hydrogen-bond donors (Lipinski definition) is 1. The van der Waals surface area contributed by atoms with Crippen LogP contribution in [0, 0.1) is 6.92 Å². The summed E-state index contributed by atoms with van der Waals surface area (Å²) in [6, 6.07) is 25.6. The molecule has 0 spiro atoms. The standard InChI is InChI=1S/C24H23NO3S/c1-19-12-14-23(15-13-19)29(27,28)25-17-21(20-8-4-2-5-9-20)16-24(26,18-25)22-10-6-3-7-11-22/h2-16,26H,17-18H2,1H3. The number of β-amino-alcohol motifs (C(OH)–C–C–N with tert-alkyl or cyclic N) is 1. The van der Waals surface area contributed by atoms with Gasteiger partial charge in [-0.15, -0.1) is 0 Å². The molecular weight excluding hydrogens is 382 g/mol. The summed E-state index contributed by atoms with van der Waals surface area (Å²) in [6.07, 6.45) is 1.79. The number of hydrogen-bond acceptors (Lipinski definition) is 3. The Labute approximate surface area is 171 Å². The van der Waals surface area contributed by atoms with Crippen LogP contribution in [0.4, 0.5) is 0 Å². The largest absolute Gasteiger partial charge is 0.380 e. The van der Waals surface area contributed by atoms with E-state index in [0.29, 0.717) is 5.56 Å². The van der Waals surface area contributed by atoms with Crippen molar-refractivity contribution in [1.29, 1.82) is 0 Å². The van der Waals surface area contributed by atoms with Crippen molar-refractivity contribution >= 4 is 15.6 Å². The molecule has 1 unspecified atom stereocenters. The Morgan fingerprint density at radius 3 is 2.07 bits per heavy atom. The first-order valence-electron chi connectivity index (χ1n) is 9.50. The van der Waals surface area contributed by atoms with Crippen LogP contribution in [-0.4, -0.2) is 30.9 Å². The Morgan fingerprint density at radius 1 is 0.862 bits per heavy atom. The van der Waals surface area contributed by atoms with Crippen LogP contribution >= 0.6 is 0 Å². The van der Waals surface area contributed by atoms with E-state index in [-0.39, 0.29) is 18.0 Å². The third kappa shape index (κ3) is 3.90. The zero-order valence-corrected chi connectivity index (χ0v) is 17.0. The Morgan fingerprint density at radius 2 is 1.45 bits per heavy atom. The van der Waals surface area contributed by atoms with Crippen molar-refractivity contribution in [3.8, 4) is 0 Å². The number of aryl methyl sites for hydroxylation is 1. The lowest BCUT2D eigenvalue weighted by molar-refractivity contribution is 0.0640. The normalized spacial score (nSPS) is 20.3. The van der Waals surface area contributed by atoms with Crippen LogP contribution in [0.1, 0.15) is 16.7 Å². The molecule has 3 aromatic rings. The second-order valence-electron chi connectivity index (χ2n) is 7.41.